The zero-order valence-electron chi connectivity index (χ0n) is 14.6. The molecule has 0 saturated heterocycles. The number of carboxylic acid groups (broad SMARTS) is 1. The fraction of sp³-hybridized carbons (Fsp3) is 0.412. The predicted octanol–water partition coefficient (Wildman–Crippen LogP) is 1.19. The van der Waals surface area contributed by atoms with Crippen LogP contribution < -0.4 is 14.8 Å². The summed E-state index contributed by atoms with van der Waals surface area (Å²) in [6.45, 7) is 4.75. The first kappa shape index (κ1) is 17.7. The lowest BCUT2D eigenvalue weighted by molar-refractivity contribution is -0.137. The molecule has 1 amide bonds. The van der Waals surface area contributed by atoms with Crippen LogP contribution in [-0.4, -0.2) is 51.7 Å². The largest absolute Gasteiger partial charge is 0.486 e. The Bertz CT molecular complexity index is 833. The molecule has 1 aromatic heterocycles. The van der Waals surface area contributed by atoms with Gasteiger partial charge in [-0.3, -0.25) is 9.59 Å². The minimum absolute atomic E-state index is 0.0108. The van der Waals surface area contributed by atoms with Crippen molar-refractivity contribution in [2.75, 3.05) is 19.8 Å². The van der Waals surface area contributed by atoms with Crippen LogP contribution in [0.15, 0.2) is 18.2 Å². The summed E-state index contributed by atoms with van der Waals surface area (Å²) in [6.07, 6.45) is -0.0108. The van der Waals surface area contributed by atoms with Crippen molar-refractivity contribution in [2.45, 2.75) is 20.3 Å². The number of hydrogen-bond acceptors (Lipinski definition) is 6. The standard InChI is InChI=1S/C17H20N4O5/c1-10(7-15(22)23)9-18-17(24)16-11(2)21(20-19-16)12-3-4-13-14(8-12)26-6-5-25-13/h3-4,8,10H,5-7,9H2,1-2H3,(H,18,24)(H,22,23). The van der Waals surface area contributed by atoms with Crippen molar-refractivity contribution in [1.29, 1.82) is 0 Å². The van der Waals surface area contributed by atoms with Crippen molar-refractivity contribution in [3.05, 3.63) is 29.6 Å². The maximum atomic E-state index is 12.3. The molecule has 0 fully saturated rings. The summed E-state index contributed by atoms with van der Waals surface area (Å²) >= 11 is 0. The van der Waals surface area contributed by atoms with E-state index in [-0.39, 0.29) is 30.5 Å². The van der Waals surface area contributed by atoms with Crippen molar-refractivity contribution < 1.29 is 24.2 Å². The molecule has 138 valence electrons. The molecule has 9 nitrogen and oxygen atoms in total. The molecule has 0 spiro atoms. The van der Waals surface area contributed by atoms with Crippen LogP contribution in [0.2, 0.25) is 0 Å². The van der Waals surface area contributed by atoms with E-state index < -0.39 is 5.97 Å². The van der Waals surface area contributed by atoms with Gasteiger partial charge in [0, 0.05) is 19.0 Å². The summed E-state index contributed by atoms with van der Waals surface area (Å²) in [5, 5.41) is 19.5. The van der Waals surface area contributed by atoms with Gasteiger partial charge in [-0.05, 0) is 25.0 Å². The van der Waals surface area contributed by atoms with Gasteiger partial charge in [-0.15, -0.1) is 5.10 Å². The number of ether oxygens (including phenoxy) is 2. The average Bonchev–Trinajstić information content (AvgIpc) is 3.00. The monoisotopic (exact) mass is 360 g/mol. The molecule has 1 atom stereocenters. The molecular weight excluding hydrogens is 340 g/mol. The zero-order chi connectivity index (χ0) is 18.7. The Morgan fingerprint density at radius 3 is 2.77 bits per heavy atom. The highest BCUT2D eigenvalue weighted by Gasteiger charge is 2.20. The van der Waals surface area contributed by atoms with E-state index >= 15 is 0 Å². The summed E-state index contributed by atoms with van der Waals surface area (Å²) in [4.78, 5) is 23.0. The second kappa shape index (κ2) is 7.42. The van der Waals surface area contributed by atoms with Gasteiger partial charge in [0.15, 0.2) is 17.2 Å². The zero-order valence-corrected chi connectivity index (χ0v) is 14.6. The van der Waals surface area contributed by atoms with Crippen LogP contribution in [0, 0.1) is 12.8 Å². The lowest BCUT2D eigenvalue weighted by Gasteiger charge is -2.18. The van der Waals surface area contributed by atoms with Gasteiger partial charge in [-0.25, -0.2) is 4.68 Å². The summed E-state index contributed by atoms with van der Waals surface area (Å²) < 4.78 is 12.6. The average molecular weight is 360 g/mol. The summed E-state index contributed by atoms with van der Waals surface area (Å²) in [7, 11) is 0. The third-order valence-electron chi connectivity index (χ3n) is 4.01. The van der Waals surface area contributed by atoms with Crippen molar-refractivity contribution in [3.63, 3.8) is 0 Å². The molecule has 1 aromatic carbocycles. The van der Waals surface area contributed by atoms with Crippen molar-refractivity contribution in [3.8, 4) is 17.2 Å². The molecule has 26 heavy (non-hydrogen) atoms. The molecule has 2 heterocycles. The number of aromatic nitrogens is 3. The van der Waals surface area contributed by atoms with Gasteiger partial charge in [0.05, 0.1) is 11.4 Å². The Morgan fingerprint density at radius 1 is 1.31 bits per heavy atom. The molecule has 2 N–H and O–H groups in total. The number of fused-ring (bicyclic) bond motifs is 1. The van der Waals surface area contributed by atoms with Gasteiger partial charge < -0.3 is 19.9 Å². The number of carbonyl (C=O) groups excluding carboxylic acids is 1. The number of nitrogens with zero attached hydrogens (tertiary/aromatic N) is 3. The normalized spacial score (nSPS) is 13.9. The quantitative estimate of drug-likeness (QED) is 0.795. The van der Waals surface area contributed by atoms with Gasteiger partial charge >= 0.3 is 5.97 Å². The second-order valence-corrected chi connectivity index (χ2v) is 6.18. The fourth-order valence-electron chi connectivity index (χ4n) is 2.67. The molecule has 2 aromatic rings. The second-order valence-electron chi connectivity index (χ2n) is 6.18. The number of amides is 1. The minimum atomic E-state index is -0.896. The van der Waals surface area contributed by atoms with Crippen LogP contribution in [0.5, 0.6) is 11.5 Å². The molecule has 9 heteroatoms. The van der Waals surface area contributed by atoms with Gasteiger partial charge in [-0.1, -0.05) is 12.1 Å². The Labute approximate surface area is 149 Å². The van der Waals surface area contributed by atoms with Crippen molar-refractivity contribution in [2.24, 2.45) is 5.92 Å². The van der Waals surface area contributed by atoms with Crippen LogP contribution in [0.25, 0.3) is 5.69 Å². The van der Waals surface area contributed by atoms with E-state index in [9.17, 15) is 9.59 Å². The van der Waals surface area contributed by atoms with Crippen LogP contribution in [0.4, 0.5) is 0 Å². The maximum Gasteiger partial charge on any atom is 0.303 e. The first-order valence-corrected chi connectivity index (χ1v) is 8.28. The highest BCUT2D eigenvalue weighted by molar-refractivity contribution is 5.93. The molecule has 1 aliphatic rings. The molecule has 0 radical (unpaired) electrons. The molecule has 3 rings (SSSR count). The first-order chi connectivity index (χ1) is 12.5. The molecular formula is C17H20N4O5. The smallest absolute Gasteiger partial charge is 0.303 e. The molecule has 0 saturated carbocycles. The Kier molecular flexibility index (Phi) is 5.06. The Balaban J connectivity index is 1.73. The van der Waals surface area contributed by atoms with Crippen LogP contribution in [0.3, 0.4) is 0 Å². The molecule has 1 aliphatic heterocycles. The summed E-state index contributed by atoms with van der Waals surface area (Å²) in [5.41, 5.74) is 1.48. The molecule has 1 unspecified atom stereocenters. The number of benzene rings is 1. The van der Waals surface area contributed by atoms with Crippen LogP contribution in [0.1, 0.15) is 29.5 Å². The van der Waals surface area contributed by atoms with Crippen molar-refractivity contribution in [1.82, 2.24) is 20.3 Å². The fourth-order valence-corrected chi connectivity index (χ4v) is 2.67. The summed E-state index contributed by atoms with van der Waals surface area (Å²) in [5.74, 6) is -0.166. The number of aliphatic carboxylic acids is 1. The SMILES string of the molecule is Cc1c(C(=O)NCC(C)CC(=O)O)nnn1-c1ccc2c(c1)OCCO2. The molecule has 0 bridgehead atoms. The van der Waals surface area contributed by atoms with E-state index in [0.717, 1.165) is 0 Å². The van der Waals surface area contributed by atoms with Gasteiger partial charge in [0.2, 0.25) is 0 Å². The number of carbonyl (C=O) groups is 2. The van der Waals surface area contributed by atoms with E-state index in [1.165, 1.54) is 0 Å². The summed E-state index contributed by atoms with van der Waals surface area (Å²) in [6, 6.07) is 5.39. The topological polar surface area (TPSA) is 116 Å². The third-order valence-corrected chi connectivity index (χ3v) is 4.01. The van der Waals surface area contributed by atoms with Crippen LogP contribution >= 0.6 is 0 Å². The number of nitrogens with one attached hydrogen (secondary N) is 1. The Morgan fingerprint density at radius 2 is 2.04 bits per heavy atom. The van der Waals surface area contributed by atoms with Gasteiger partial charge in [-0.2, -0.15) is 0 Å². The lowest BCUT2D eigenvalue weighted by atomic mass is 10.1. The predicted molar refractivity (Wildman–Crippen MR) is 90.8 cm³/mol. The van der Waals surface area contributed by atoms with E-state index in [0.29, 0.717) is 36.1 Å². The number of carboxylic acids is 1. The number of rotatable bonds is 6. The maximum absolute atomic E-state index is 12.3. The number of hydrogen-bond donors (Lipinski definition) is 2. The van der Waals surface area contributed by atoms with E-state index in [1.807, 2.05) is 6.07 Å². The van der Waals surface area contributed by atoms with E-state index in [2.05, 4.69) is 15.6 Å². The third kappa shape index (κ3) is 3.76. The molecule has 0 aliphatic carbocycles. The van der Waals surface area contributed by atoms with Crippen LogP contribution in [-0.2, 0) is 4.79 Å². The first-order valence-electron chi connectivity index (χ1n) is 8.28. The van der Waals surface area contributed by atoms with E-state index in [4.69, 9.17) is 14.6 Å². The highest BCUT2D eigenvalue weighted by Crippen LogP contribution is 2.32. The highest BCUT2D eigenvalue weighted by atomic mass is 16.6. The Hall–Kier alpha value is -3.10. The van der Waals surface area contributed by atoms with Crippen molar-refractivity contribution >= 4 is 11.9 Å². The van der Waals surface area contributed by atoms with Gasteiger partial charge in [0.1, 0.15) is 13.2 Å². The van der Waals surface area contributed by atoms with Gasteiger partial charge in [0.25, 0.3) is 5.91 Å². The van der Waals surface area contributed by atoms with E-state index in [1.54, 1.807) is 30.7 Å². The minimum Gasteiger partial charge on any atom is -0.486 e. The lowest BCUT2D eigenvalue weighted by Crippen LogP contribution is -2.30.